The first-order valence-corrected chi connectivity index (χ1v) is 7.85. The number of nitrogens with zero attached hydrogens (tertiary/aromatic N) is 2. The molecule has 1 aromatic carbocycles. The molecular weight excluding hydrogens is 268 g/mol. The number of pyridine rings is 1. The molecule has 20 heavy (non-hydrogen) atoms. The largest absolute Gasteiger partial charge is 0.357 e. The average Bonchev–Trinajstić information content (AvgIpc) is 2.43. The number of benzene rings is 1. The minimum absolute atomic E-state index is 0.746. The van der Waals surface area contributed by atoms with E-state index in [4.69, 9.17) is 16.6 Å². The van der Waals surface area contributed by atoms with Crippen molar-refractivity contribution in [2.45, 2.75) is 40.0 Å². The Balaban J connectivity index is 2.32. The van der Waals surface area contributed by atoms with Crippen LogP contribution in [0.25, 0.3) is 10.9 Å². The van der Waals surface area contributed by atoms with Gasteiger partial charge >= 0.3 is 0 Å². The summed E-state index contributed by atoms with van der Waals surface area (Å²) in [6.45, 7) is 8.62. The van der Waals surface area contributed by atoms with Gasteiger partial charge in [-0.1, -0.05) is 37.4 Å². The van der Waals surface area contributed by atoms with Crippen LogP contribution in [0, 0.1) is 6.92 Å². The second-order valence-electron chi connectivity index (χ2n) is 5.25. The van der Waals surface area contributed by atoms with Gasteiger partial charge in [-0.15, -0.1) is 0 Å². The van der Waals surface area contributed by atoms with Gasteiger partial charge in [-0.05, 0) is 44.0 Å². The summed E-state index contributed by atoms with van der Waals surface area (Å²) >= 11 is 6.09. The summed E-state index contributed by atoms with van der Waals surface area (Å²) in [6.07, 6.45) is 3.74. The van der Waals surface area contributed by atoms with Gasteiger partial charge in [0.15, 0.2) is 0 Å². The fraction of sp³-hybridized carbons (Fsp3) is 0.471. The van der Waals surface area contributed by atoms with Crippen molar-refractivity contribution in [2.24, 2.45) is 0 Å². The molecule has 0 unspecified atom stereocenters. The van der Waals surface area contributed by atoms with Crippen LogP contribution in [0.15, 0.2) is 24.3 Å². The van der Waals surface area contributed by atoms with Crippen LogP contribution in [0.5, 0.6) is 0 Å². The molecule has 2 aromatic rings. The summed E-state index contributed by atoms with van der Waals surface area (Å²) < 4.78 is 0. The topological polar surface area (TPSA) is 16.1 Å². The van der Waals surface area contributed by atoms with Gasteiger partial charge in [0.05, 0.1) is 5.52 Å². The SMILES string of the molecule is CCCCCN(CC)c1cc(C)c2ccc(Cl)cc2n1. The molecule has 0 spiro atoms. The number of aromatic nitrogens is 1. The van der Waals surface area contributed by atoms with Crippen molar-refractivity contribution in [2.75, 3.05) is 18.0 Å². The summed E-state index contributed by atoms with van der Waals surface area (Å²) in [5.41, 5.74) is 2.25. The normalized spacial score (nSPS) is 11.0. The first kappa shape index (κ1) is 15.1. The zero-order valence-electron chi connectivity index (χ0n) is 12.6. The van der Waals surface area contributed by atoms with E-state index in [-0.39, 0.29) is 0 Å². The number of anilines is 1. The number of fused-ring (bicyclic) bond motifs is 1. The third kappa shape index (κ3) is 3.43. The van der Waals surface area contributed by atoms with Crippen LogP contribution in [-0.2, 0) is 0 Å². The number of rotatable bonds is 6. The predicted octanol–water partition coefficient (Wildman–Crippen LogP) is 5.21. The van der Waals surface area contributed by atoms with Crippen LogP contribution in [0.1, 0.15) is 38.7 Å². The Kier molecular flexibility index (Phi) is 5.24. The van der Waals surface area contributed by atoms with Gasteiger partial charge in [-0.2, -0.15) is 0 Å². The number of unbranched alkanes of at least 4 members (excludes halogenated alkanes) is 2. The highest BCUT2D eigenvalue weighted by atomic mass is 35.5. The molecule has 0 saturated carbocycles. The van der Waals surface area contributed by atoms with E-state index in [1.807, 2.05) is 12.1 Å². The standard InChI is InChI=1S/C17H23ClN2/c1-4-6-7-10-20(5-2)17-11-13(3)15-9-8-14(18)12-16(15)19-17/h8-9,11-12H,4-7,10H2,1-3H3. The molecule has 108 valence electrons. The first-order chi connectivity index (χ1) is 9.65. The maximum absolute atomic E-state index is 6.09. The monoisotopic (exact) mass is 290 g/mol. The van der Waals surface area contributed by atoms with E-state index in [0.717, 1.165) is 29.4 Å². The Morgan fingerprint density at radius 1 is 1.15 bits per heavy atom. The average molecular weight is 291 g/mol. The molecule has 1 heterocycles. The molecule has 2 rings (SSSR count). The molecule has 0 radical (unpaired) electrons. The minimum atomic E-state index is 0.746. The molecule has 0 fully saturated rings. The lowest BCUT2D eigenvalue weighted by Gasteiger charge is -2.23. The zero-order chi connectivity index (χ0) is 14.5. The highest BCUT2D eigenvalue weighted by Gasteiger charge is 2.09. The van der Waals surface area contributed by atoms with E-state index in [2.05, 4.69) is 37.8 Å². The molecule has 0 N–H and O–H groups in total. The highest BCUT2D eigenvalue weighted by Crippen LogP contribution is 2.25. The Morgan fingerprint density at radius 3 is 2.65 bits per heavy atom. The maximum Gasteiger partial charge on any atom is 0.129 e. The van der Waals surface area contributed by atoms with Crippen molar-refractivity contribution in [3.63, 3.8) is 0 Å². The number of aryl methyl sites for hydroxylation is 1. The Labute approximate surface area is 126 Å². The summed E-state index contributed by atoms with van der Waals surface area (Å²) in [6, 6.07) is 8.12. The van der Waals surface area contributed by atoms with E-state index < -0.39 is 0 Å². The zero-order valence-corrected chi connectivity index (χ0v) is 13.4. The van der Waals surface area contributed by atoms with Gasteiger partial charge in [0.1, 0.15) is 5.82 Å². The van der Waals surface area contributed by atoms with E-state index in [9.17, 15) is 0 Å². The van der Waals surface area contributed by atoms with Gasteiger partial charge in [0.2, 0.25) is 0 Å². The van der Waals surface area contributed by atoms with E-state index in [1.165, 1.54) is 30.2 Å². The minimum Gasteiger partial charge on any atom is -0.357 e. The number of hydrogen-bond acceptors (Lipinski definition) is 2. The molecule has 3 heteroatoms. The van der Waals surface area contributed by atoms with Crippen molar-refractivity contribution < 1.29 is 0 Å². The van der Waals surface area contributed by atoms with Crippen molar-refractivity contribution >= 4 is 28.3 Å². The van der Waals surface area contributed by atoms with E-state index in [1.54, 1.807) is 0 Å². The maximum atomic E-state index is 6.09. The van der Waals surface area contributed by atoms with Crippen LogP contribution in [0.3, 0.4) is 0 Å². The fourth-order valence-electron chi connectivity index (χ4n) is 2.51. The van der Waals surface area contributed by atoms with E-state index in [0.29, 0.717) is 0 Å². The predicted molar refractivity (Wildman–Crippen MR) is 88.9 cm³/mol. The van der Waals surface area contributed by atoms with Crippen molar-refractivity contribution in [3.8, 4) is 0 Å². The quantitative estimate of drug-likeness (QED) is 0.679. The molecule has 1 aromatic heterocycles. The third-order valence-electron chi connectivity index (χ3n) is 3.70. The molecule has 0 atom stereocenters. The van der Waals surface area contributed by atoms with Crippen LogP contribution in [0.2, 0.25) is 5.02 Å². The van der Waals surface area contributed by atoms with Gasteiger partial charge in [-0.25, -0.2) is 4.98 Å². The molecule has 0 aliphatic heterocycles. The molecular formula is C17H23ClN2. The summed E-state index contributed by atoms with van der Waals surface area (Å²) in [7, 11) is 0. The Bertz CT molecular complexity index is 580. The Morgan fingerprint density at radius 2 is 1.95 bits per heavy atom. The van der Waals surface area contributed by atoms with Crippen LogP contribution < -0.4 is 4.90 Å². The molecule has 2 nitrogen and oxygen atoms in total. The third-order valence-corrected chi connectivity index (χ3v) is 3.94. The van der Waals surface area contributed by atoms with Gasteiger partial charge in [-0.3, -0.25) is 0 Å². The van der Waals surface area contributed by atoms with Crippen molar-refractivity contribution in [1.29, 1.82) is 0 Å². The van der Waals surface area contributed by atoms with Crippen molar-refractivity contribution in [3.05, 3.63) is 34.9 Å². The smallest absolute Gasteiger partial charge is 0.129 e. The van der Waals surface area contributed by atoms with Crippen LogP contribution >= 0.6 is 11.6 Å². The second kappa shape index (κ2) is 6.94. The van der Waals surface area contributed by atoms with E-state index >= 15 is 0 Å². The lowest BCUT2D eigenvalue weighted by molar-refractivity contribution is 0.681. The molecule has 0 aliphatic rings. The summed E-state index contributed by atoms with van der Waals surface area (Å²) in [4.78, 5) is 7.14. The molecule has 0 amide bonds. The molecule has 0 bridgehead atoms. The lowest BCUT2D eigenvalue weighted by Crippen LogP contribution is -2.25. The molecule has 0 aliphatic carbocycles. The Hall–Kier alpha value is -1.28. The van der Waals surface area contributed by atoms with Gasteiger partial charge < -0.3 is 4.90 Å². The van der Waals surface area contributed by atoms with Crippen LogP contribution in [0.4, 0.5) is 5.82 Å². The fourth-order valence-corrected chi connectivity index (χ4v) is 2.67. The lowest BCUT2D eigenvalue weighted by atomic mass is 10.1. The summed E-state index contributed by atoms with van der Waals surface area (Å²) in [5, 5.41) is 1.93. The summed E-state index contributed by atoms with van der Waals surface area (Å²) in [5.74, 6) is 1.07. The molecule has 0 saturated heterocycles. The first-order valence-electron chi connectivity index (χ1n) is 7.47. The second-order valence-corrected chi connectivity index (χ2v) is 5.68. The van der Waals surface area contributed by atoms with Gasteiger partial charge in [0.25, 0.3) is 0 Å². The van der Waals surface area contributed by atoms with Crippen molar-refractivity contribution in [1.82, 2.24) is 4.98 Å². The highest BCUT2D eigenvalue weighted by molar-refractivity contribution is 6.31. The van der Waals surface area contributed by atoms with Crippen LogP contribution in [-0.4, -0.2) is 18.1 Å². The van der Waals surface area contributed by atoms with Gasteiger partial charge in [0, 0.05) is 23.5 Å². The number of halogens is 1. The number of hydrogen-bond donors (Lipinski definition) is 0.